The summed E-state index contributed by atoms with van der Waals surface area (Å²) < 4.78 is 89.0. The predicted molar refractivity (Wildman–Crippen MR) is 62.5 cm³/mol. The van der Waals surface area contributed by atoms with Gasteiger partial charge in [0.05, 0.1) is 5.25 Å². The molecule has 1 heterocycles. The fourth-order valence-corrected chi connectivity index (χ4v) is 6.52. The van der Waals surface area contributed by atoms with Crippen molar-refractivity contribution in [3.8, 4) is 0 Å². The monoisotopic (exact) mass is 360 g/mol. The second kappa shape index (κ2) is 3.79. The molecule has 0 aromatic rings. The standard InChI is InChI=1S/C10H10F2O8S2/c11-10(12,22(16,17)18)9(13)19-7-5-2-1-3-6(4(2)5)8(7)20-21(3,14)15/h2-8H,1H2,(H,16,17,18). The summed E-state index contributed by atoms with van der Waals surface area (Å²) >= 11 is 0. The second-order valence-electron chi connectivity index (χ2n) is 6.09. The zero-order valence-corrected chi connectivity index (χ0v) is 12.3. The maximum Gasteiger partial charge on any atom is 0.465 e. The van der Waals surface area contributed by atoms with Crippen LogP contribution in [0.1, 0.15) is 6.42 Å². The average molecular weight is 360 g/mol. The number of rotatable bonds is 3. The van der Waals surface area contributed by atoms with Crippen molar-refractivity contribution in [2.45, 2.75) is 29.1 Å². The minimum absolute atomic E-state index is 0.0397. The van der Waals surface area contributed by atoms with Gasteiger partial charge in [-0.2, -0.15) is 25.6 Å². The number of carbonyl (C=O) groups is 1. The molecule has 1 aliphatic heterocycles. The molecular weight excluding hydrogens is 350 g/mol. The lowest BCUT2D eigenvalue weighted by molar-refractivity contribution is -0.172. The smallest absolute Gasteiger partial charge is 0.454 e. The van der Waals surface area contributed by atoms with Gasteiger partial charge in [0.15, 0.2) is 0 Å². The van der Waals surface area contributed by atoms with Crippen molar-refractivity contribution in [1.82, 2.24) is 0 Å². The van der Waals surface area contributed by atoms with Crippen LogP contribution in [0.25, 0.3) is 0 Å². The zero-order chi connectivity index (χ0) is 16.2. The first-order chi connectivity index (χ1) is 9.97. The zero-order valence-electron chi connectivity index (χ0n) is 10.6. The minimum Gasteiger partial charge on any atom is -0.454 e. The van der Waals surface area contributed by atoms with Crippen molar-refractivity contribution in [3.05, 3.63) is 0 Å². The van der Waals surface area contributed by atoms with Crippen LogP contribution in [0.3, 0.4) is 0 Å². The van der Waals surface area contributed by atoms with Gasteiger partial charge in [0.1, 0.15) is 12.2 Å². The summed E-state index contributed by atoms with van der Waals surface area (Å²) in [6.07, 6.45) is -1.95. The molecule has 7 unspecified atom stereocenters. The van der Waals surface area contributed by atoms with E-state index in [1.165, 1.54) is 0 Å². The molecule has 0 aromatic heterocycles. The highest BCUT2D eigenvalue weighted by Gasteiger charge is 2.80. The molecule has 1 saturated heterocycles. The van der Waals surface area contributed by atoms with Gasteiger partial charge in [-0.25, -0.2) is 4.79 Å². The summed E-state index contributed by atoms with van der Waals surface area (Å²) in [5.74, 6) is -3.22. The van der Waals surface area contributed by atoms with Crippen LogP contribution in [0.15, 0.2) is 0 Å². The van der Waals surface area contributed by atoms with E-state index in [-0.39, 0.29) is 17.8 Å². The summed E-state index contributed by atoms with van der Waals surface area (Å²) in [5.41, 5.74) is 0. The van der Waals surface area contributed by atoms with Gasteiger partial charge in [-0.05, 0) is 18.3 Å². The molecule has 0 bridgehead atoms. The Balaban J connectivity index is 1.60. The highest BCUT2D eigenvalue weighted by Crippen LogP contribution is 2.73. The molecule has 22 heavy (non-hydrogen) atoms. The van der Waals surface area contributed by atoms with Gasteiger partial charge in [0.2, 0.25) is 0 Å². The first-order valence-electron chi connectivity index (χ1n) is 6.45. The number of hydrogen-bond acceptors (Lipinski definition) is 7. The third kappa shape index (κ3) is 1.58. The molecular formula is C10H10F2O8S2. The molecule has 124 valence electrons. The molecule has 12 heteroatoms. The predicted octanol–water partition coefficient (Wildman–Crippen LogP) is -0.628. The number of halogens is 2. The van der Waals surface area contributed by atoms with Crippen LogP contribution in [0.2, 0.25) is 0 Å². The molecule has 4 fully saturated rings. The van der Waals surface area contributed by atoms with Crippen molar-refractivity contribution in [1.29, 1.82) is 0 Å². The van der Waals surface area contributed by atoms with E-state index in [9.17, 15) is 30.4 Å². The Labute approximate surface area is 123 Å². The Hall–Kier alpha value is -0.850. The van der Waals surface area contributed by atoms with Gasteiger partial charge in [-0.15, -0.1) is 0 Å². The van der Waals surface area contributed by atoms with Gasteiger partial charge in [-0.1, -0.05) is 0 Å². The molecule has 0 spiro atoms. The first-order valence-corrected chi connectivity index (χ1v) is 9.36. The van der Waals surface area contributed by atoms with Crippen molar-refractivity contribution < 1.29 is 43.9 Å². The highest BCUT2D eigenvalue weighted by molar-refractivity contribution is 7.88. The van der Waals surface area contributed by atoms with Crippen LogP contribution >= 0.6 is 0 Å². The third-order valence-electron chi connectivity index (χ3n) is 5.17. The molecule has 3 aliphatic carbocycles. The number of esters is 1. The normalized spacial score (nSPS) is 47.3. The van der Waals surface area contributed by atoms with E-state index >= 15 is 0 Å². The van der Waals surface area contributed by atoms with Crippen LogP contribution in [-0.4, -0.2) is 50.1 Å². The third-order valence-corrected chi connectivity index (χ3v) is 7.73. The Morgan fingerprint density at radius 2 is 1.91 bits per heavy atom. The van der Waals surface area contributed by atoms with E-state index in [0.717, 1.165) is 0 Å². The largest absolute Gasteiger partial charge is 0.465 e. The molecule has 4 aliphatic rings. The highest BCUT2D eigenvalue weighted by atomic mass is 32.2. The number of carbonyl (C=O) groups excluding carboxylic acids is 1. The molecule has 7 atom stereocenters. The van der Waals surface area contributed by atoms with Crippen LogP contribution in [0.4, 0.5) is 8.78 Å². The fraction of sp³-hybridized carbons (Fsp3) is 0.900. The fourth-order valence-electron chi connectivity index (χ4n) is 4.39. The number of alkyl halides is 2. The van der Waals surface area contributed by atoms with E-state index in [4.69, 9.17) is 8.74 Å². The van der Waals surface area contributed by atoms with E-state index in [0.29, 0.717) is 6.42 Å². The van der Waals surface area contributed by atoms with E-state index in [1.807, 2.05) is 0 Å². The topological polar surface area (TPSA) is 124 Å². The molecule has 0 radical (unpaired) electrons. The lowest BCUT2D eigenvalue weighted by atomic mass is 10.0. The maximum absolute atomic E-state index is 13.3. The SMILES string of the molecule is O=C(OC1C2OS(=O)(=O)C3CC4C1C4C23)C(F)(F)S(=O)(=O)O. The molecule has 3 saturated carbocycles. The van der Waals surface area contributed by atoms with Crippen molar-refractivity contribution in [2.75, 3.05) is 0 Å². The number of hydrogen-bond donors (Lipinski definition) is 1. The maximum atomic E-state index is 13.3. The summed E-state index contributed by atoms with van der Waals surface area (Å²) in [6, 6.07) is 0. The Morgan fingerprint density at radius 3 is 2.50 bits per heavy atom. The summed E-state index contributed by atoms with van der Waals surface area (Å²) in [7, 11) is -9.78. The lowest BCUT2D eigenvalue weighted by Crippen LogP contribution is -2.43. The van der Waals surface area contributed by atoms with Crippen molar-refractivity contribution in [2.24, 2.45) is 23.7 Å². The number of ether oxygens (including phenoxy) is 1. The molecule has 0 aromatic carbocycles. The van der Waals surface area contributed by atoms with Crippen molar-refractivity contribution >= 4 is 26.2 Å². The van der Waals surface area contributed by atoms with Crippen LogP contribution in [0, 0.1) is 23.7 Å². The van der Waals surface area contributed by atoms with Gasteiger partial charge >= 0.3 is 21.3 Å². The van der Waals surface area contributed by atoms with E-state index < -0.39 is 54.8 Å². The van der Waals surface area contributed by atoms with Gasteiger partial charge in [0, 0.05) is 11.8 Å². The Kier molecular flexibility index (Phi) is 2.54. The molecule has 4 rings (SSSR count). The van der Waals surface area contributed by atoms with Crippen LogP contribution < -0.4 is 0 Å². The molecule has 1 N–H and O–H groups in total. The van der Waals surface area contributed by atoms with Gasteiger partial charge < -0.3 is 4.74 Å². The van der Waals surface area contributed by atoms with Crippen LogP contribution in [-0.2, 0) is 34.0 Å². The summed E-state index contributed by atoms with van der Waals surface area (Å²) in [5, 5.41) is -5.81. The summed E-state index contributed by atoms with van der Waals surface area (Å²) in [4.78, 5) is 11.4. The minimum atomic E-state index is -5.96. The lowest BCUT2D eigenvalue weighted by Gasteiger charge is -2.23. The number of fused-ring (bicyclic) bond motifs is 1. The van der Waals surface area contributed by atoms with Gasteiger partial charge in [0.25, 0.3) is 10.1 Å². The molecule has 0 amide bonds. The van der Waals surface area contributed by atoms with Gasteiger partial charge in [-0.3, -0.25) is 8.74 Å². The second-order valence-corrected chi connectivity index (χ2v) is 9.33. The van der Waals surface area contributed by atoms with Crippen molar-refractivity contribution in [3.63, 3.8) is 0 Å². The van der Waals surface area contributed by atoms with Crippen LogP contribution in [0.5, 0.6) is 0 Å². The quantitative estimate of drug-likeness (QED) is 0.401. The summed E-state index contributed by atoms with van der Waals surface area (Å²) in [6.45, 7) is 0. The first kappa shape index (κ1) is 14.7. The Bertz CT molecular complexity index is 775. The average Bonchev–Trinajstić information content (AvgIpc) is 2.66. The van der Waals surface area contributed by atoms with E-state index in [2.05, 4.69) is 4.74 Å². The molecule has 8 nitrogen and oxygen atoms in total. The Morgan fingerprint density at radius 1 is 1.27 bits per heavy atom. The van der Waals surface area contributed by atoms with E-state index in [1.54, 1.807) is 0 Å².